The third-order valence-corrected chi connectivity index (χ3v) is 11.8. The molecule has 0 aromatic rings. The van der Waals surface area contributed by atoms with Crippen LogP contribution in [0.4, 0.5) is 0 Å². The summed E-state index contributed by atoms with van der Waals surface area (Å²) in [7, 11) is 0. The van der Waals surface area contributed by atoms with Gasteiger partial charge in [-0.2, -0.15) is 0 Å². The van der Waals surface area contributed by atoms with E-state index in [-0.39, 0.29) is 5.41 Å². The summed E-state index contributed by atoms with van der Waals surface area (Å²) in [6.07, 6.45) is 3.94. The molecule has 9 atom stereocenters. The topological polar surface area (TPSA) is 20.2 Å². The maximum absolute atomic E-state index is 10.5. The third kappa shape index (κ3) is 1.60. The van der Waals surface area contributed by atoms with Crippen molar-refractivity contribution in [2.45, 2.75) is 81.6 Å². The van der Waals surface area contributed by atoms with Crippen molar-refractivity contribution in [2.24, 2.45) is 62.6 Å². The van der Waals surface area contributed by atoms with Crippen molar-refractivity contribution in [1.29, 1.82) is 0 Å². The van der Waals surface area contributed by atoms with E-state index in [1.165, 1.54) is 19.3 Å². The fourth-order valence-electron chi connectivity index (χ4n) is 9.31. The number of hydrogen-bond donors (Lipinski definition) is 1. The molecule has 0 aromatic heterocycles. The largest absolute Gasteiger partial charge is 0.396 e. The van der Waals surface area contributed by atoms with Crippen molar-refractivity contribution >= 4 is 0 Å². The Hall–Kier alpha value is -0.0400. The second kappa shape index (κ2) is 4.68. The van der Waals surface area contributed by atoms with Crippen LogP contribution in [0.25, 0.3) is 0 Å². The molecule has 5 aliphatic carbocycles. The molecule has 5 saturated carbocycles. The van der Waals surface area contributed by atoms with Crippen molar-refractivity contribution in [3.05, 3.63) is 0 Å². The summed E-state index contributed by atoms with van der Waals surface area (Å²) in [5.74, 6) is 4.82. The van der Waals surface area contributed by atoms with Crippen LogP contribution in [0.15, 0.2) is 0 Å². The average Bonchev–Trinajstić information content (AvgIpc) is 3.31. The van der Waals surface area contributed by atoms with Crippen LogP contribution < -0.4 is 0 Å². The van der Waals surface area contributed by atoms with Gasteiger partial charge >= 0.3 is 0 Å². The Morgan fingerprint density at radius 3 is 2.20 bits per heavy atom. The zero-order valence-electron chi connectivity index (χ0n) is 18.2. The van der Waals surface area contributed by atoms with Gasteiger partial charge < -0.3 is 5.11 Å². The second-order valence-electron chi connectivity index (χ2n) is 12.3. The zero-order chi connectivity index (χ0) is 18.8. The fraction of sp³-hybridized carbons (Fsp3) is 1.00. The van der Waals surface area contributed by atoms with Gasteiger partial charge in [-0.3, -0.25) is 0 Å². The highest BCUT2D eigenvalue weighted by atomic mass is 16.3. The molecule has 5 rings (SSSR count). The minimum atomic E-state index is 0.236. The lowest BCUT2D eigenvalue weighted by atomic mass is 9.24. The summed E-state index contributed by atoms with van der Waals surface area (Å²) in [4.78, 5) is 0. The molecule has 1 N–H and O–H groups in total. The Kier molecular flexibility index (Phi) is 3.43. The molecule has 25 heavy (non-hydrogen) atoms. The highest BCUT2D eigenvalue weighted by molar-refractivity contribution is 5.36. The van der Waals surface area contributed by atoms with E-state index in [0.29, 0.717) is 28.3 Å². The first kappa shape index (κ1) is 18.3. The van der Waals surface area contributed by atoms with E-state index in [2.05, 4.69) is 62.3 Å². The molecular weight excluding hydrogens is 304 g/mol. The molecule has 0 amide bonds. The number of aliphatic hydroxyl groups is 1. The van der Waals surface area contributed by atoms with Crippen LogP contribution in [-0.2, 0) is 0 Å². The number of aliphatic hydroxyl groups excluding tert-OH is 1. The average molecular weight is 347 g/mol. The Labute approximate surface area is 156 Å². The van der Waals surface area contributed by atoms with E-state index >= 15 is 0 Å². The van der Waals surface area contributed by atoms with Crippen LogP contribution in [0.2, 0.25) is 0 Å². The molecule has 5 aliphatic rings. The molecule has 0 saturated heterocycles. The van der Waals surface area contributed by atoms with Crippen molar-refractivity contribution in [2.75, 3.05) is 6.61 Å². The maximum atomic E-state index is 10.5. The van der Waals surface area contributed by atoms with E-state index in [1.54, 1.807) is 0 Å². The maximum Gasteiger partial charge on any atom is 0.0495 e. The minimum absolute atomic E-state index is 0.236. The van der Waals surface area contributed by atoms with Crippen LogP contribution >= 0.6 is 0 Å². The highest BCUT2D eigenvalue weighted by Gasteiger charge is 2.89. The smallest absolute Gasteiger partial charge is 0.0495 e. The van der Waals surface area contributed by atoms with Crippen molar-refractivity contribution in [3.63, 3.8) is 0 Å². The Balaban J connectivity index is 1.80. The van der Waals surface area contributed by atoms with E-state index in [0.717, 1.165) is 35.5 Å². The quantitative estimate of drug-likeness (QED) is 0.646. The summed E-state index contributed by atoms with van der Waals surface area (Å²) < 4.78 is 0. The van der Waals surface area contributed by atoms with Gasteiger partial charge in [0.1, 0.15) is 0 Å². The van der Waals surface area contributed by atoms with Crippen molar-refractivity contribution < 1.29 is 5.11 Å². The van der Waals surface area contributed by atoms with Gasteiger partial charge in [0.25, 0.3) is 0 Å². The summed E-state index contributed by atoms with van der Waals surface area (Å²) in [5.41, 5.74) is 1.79. The van der Waals surface area contributed by atoms with Crippen LogP contribution in [-0.4, -0.2) is 11.7 Å². The van der Waals surface area contributed by atoms with Gasteiger partial charge in [0, 0.05) is 12.0 Å². The standard InChI is InChI=1S/C24H42O/c1-10-14(2)15(3)20(4,5)19-18-16-11-22(18,8)24(13-25)12-17(24)21(6,7)23(16,19)9/h14-19,25H,10-13H2,1-9H3. The highest BCUT2D eigenvalue weighted by Crippen LogP contribution is 2.94. The summed E-state index contributed by atoms with van der Waals surface area (Å²) >= 11 is 0. The lowest BCUT2D eigenvalue weighted by Gasteiger charge is -2.80. The molecule has 0 spiro atoms. The molecule has 9 unspecified atom stereocenters. The van der Waals surface area contributed by atoms with Crippen molar-refractivity contribution in [3.8, 4) is 0 Å². The molecule has 5 fully saturated rings. The summed E-state index contributed by atoms with van der Waals surface area (Å²) in [6, 6.07) is 0. The Bertz CT molecular complexity index is 591. The van der Waals surface area contributed by atoms with Crippen LogP contribution in [0.1, 0.15) is 81.6 Å². The Morgan fingerprint density at radius 2 is 1.68 bits per heavy atom. The van der Waals surface area contributed by atoms with Crippen LogP contribution in [0, 0.1) is 62.6 Å². The second-order valence-corrected chi connectivity index (χ2v) is 12.3. The molecule has 144 valence electrons. The van der Waals surface area contributed by atoms with E-state index in [9.17, 15) is 5.11 Å². The predicted molar refractivity (Wildman–Crippen MR) is 105 cm³/mol. The predicted octanol–water partition coefficient (Wildman–Crippen LogP) is 6.01. The van der Waals surface area contributed by atoms with E-state index in [1.807, 2.05) is 0 Å². The first-order valence-electron chi connectivity index (χ1n) is 11.0. The van der Waals surface area contributed by atoms with Gasteiger partial charge in [0.15, 0.2) is 0 Å². The molecule has 1 nitrogen and oxygen atoms in total. The van der Waals surface area contributed by atoms with Gasteiger partial charge in [0.2, 0.25) is 0 Å². The van der Waals surface area contributed by atoms with Crippen molar-refractivity contribution in [1.82, 2.24) is 0 Å². The normalized spacial score (nSPS) is 54.5. The molecule has 0 aromatic carbocycles. The first-order chi connectivity index (χ1) is 11.4. The molecule has 1 heteroatoms. The molecule has 0 aliphatic heterocycles. The van der Waals surface area contributed by atoms with Crippen LogP contribution in [0.5, 0.6) is 0 Å². The fourth-order valence-corrected chi connectivity index (χ4v) is 9.31. The molecular formula is C24H42O. The summed E-state index contributed by atoms with van der Waals surface area (Å²) in [6.45, 7) is 23.2. The van der Waals surface area contributed by atoms with Gasteiger partial charge in [-0.1, -0.05) is 68.7 Å². The third-order valence-electron chi connectivity index (χ3n) is 11.8. The zero-order valence-corrected chi connectivity index (χ0v) is 18.2. The van der Waals surface area contributed by atoms with E-state index in [4.69, 9.17) is 0 Å². The van der Waals surface area contributed by atoms with Crippen LogP contribution in [0.3, 0.4) is 0 Å². The number of hydrogen-bond acceptors (Lipinski definition) is 1. The monoisotopic (exact) mass is 346 g/mol. The van der Waals surface area contributed by atoms with Gasteiger partial charge in [0.05, 0.1) is 0 Å². The van der Waals surface area contributed by atoms with Gasteiger partial charge in [-0.15, -0.1) is 0 Å². The molecule has 0 heterocycles. The lowest BCUT2D eigenvalue weighted by molar-refractivity contribution is -0.330. The molecule has 0 radical (unpaired) electrons. The van der Waals surface area contributed by atoms with E-state index < -0.39 is 0 Å². The first-order valence-corrected chi connectivity index (χ1v) is 11.0. The molecule has 4 bridgehead atoms. The minimum Gasteiger partial charge on any atom is -0.396 e. The lowest BCUT2D eigenvalue weighted by Crippen LogP contribution is -2.75. The Morgan fingerprint density at radius 1 is 1.08 bits per heavy atom. The van der Waals surface area contributed by atoms with Gasteiger partial charge in [-0.05, 0) is 70.0 Å². The number of rotatable bonds is 5. The summed E-state index contributed by atoms with van der Waals surface area (Å²) in [5, 5.41) is 10.5. The SMILES string of the molecule is CCC(C)C(C)C(C)(C)C1C2C3CC2(C)C2(CO)CC2C(C)(C)C31C. The van der Waals surface area contributed by atoms with Gasteiger partial charge in [-0.25, -0.2) is 0 Å².